The summed E-state index contributed by atoms with van der Waals surface area (Å²) < 4.78 is 10.3. The van der Waals surface area contributed by atoms with Gasteiger partial charge in [0.1, 0.15) is 6.61 Å². The Morgan fingerprint density at radius 2 is 2.05 bits per heavy atom. The minimum atomic E-state index is -0.147. The SMILES string of the molecule is COCC(=O)Nc1ccc(NC2CCOC(C)C2)cc1. The molecule has 0 bridgehead atoms. The molecule has 0 saturated carbocycles. The maximum absolute atomic E-state index is 11.4. The van der Waals surface area contributed by atoms with Crippen LogP contribution in [0.5, 0.6) is 0 Å². The van der Waals surface area contributed by atoms with Crippen molar-refractivity contribution in [1.82, 2.24) is 0 Å². The number of benzene rings is 1. The molecule has 1 aliphatic rings. The van der Waals surface area contributed by atoms with E-state index in [1.807, 2.05) is 24.3 Å². The summed E-state index contributed by atoms with van der Waals surface area (Å²) in [5.41, 5.74) is 1.84. The van der Waals surface area contributed by atoms with Gasteiger partial charge in [-0.1, -0.05) is 0 Å². The van der Waals surface area contributed by atoms with E-state index < -0.39 is 0 Å². The molecule has 110 valence electrons. The quantitative estimate of drug-likeness (QED) is 0.867. The first-order valence-corrected chi connectivity index (χ1v) is 6.94. The van der Waals surface area contributed by atoms with Crippen molar-refractivity contribution >= 4 is 17.3 Å². The van der Waals surface area contributed by atoms with Gasteiger partial charge in [-0.25, -0.2) is 0 Å². The van der Waals surface area contributed by atoms with Gasteiger partial charge in [0.25, 0.3) is 0 Å². The average Bonchev–Trinajstić information content (AvgIpc) is 2.41. The van der Waals surface area contributed by atoms with Crippen LogP contribution in [-0.4, -0.2) is 38.4 Å². The Hall–Kier alpha value is -1.59. The van der Waals surface area contributed by atoms with E-state index in [-0.39, 0.29) is 12.5 Å². The molecule has 5 heteroatoms. The molecule has 0 aliphatic carbocycles. The number of hydrogen-bond acceptors (Lipinski definition) is 4. The first-order valence-electron chi connectivity index (χ1n) is 6.94. The second-order valence-electron chi connectivity index (χ2n) is 5.11. The Morgan fingerprint density at radius 1 is 1.35 bits per heavy atom. The van der Waals surface area contributed by atoms with Crippen LogP contribution in [0.25, 0.3) is 0 Å². The van der Waals surface area contributed by atoms with Crippen LogP contribution in [0.4, 0.5) is 11.4 Å². The maximum Gasteiger partial charge on any atom is 0.250 e. The van der Waals surface area contributed by atoms with Gasteiger partial charge >= 0.3 is 0 Å². The molecule has 5 nitrogen and oxygen atoms in total. The van der Waals surface area contributed by atoms with Crippen molar-refractivity contribution in [2.45, 2.75) is 31.9 Å². The lowest BCUT2D eigenvalue weighted by Gasteiger charge is -2.28. The molecule has 1 aromatic carbocycles. The highest BCUT2D eigenvalue weighted by Gasteiger charge is 2.18. The zero-order chi connectivity index (χ0) is 14.4. The Bertz CT molecular complexity index is 433. The highest BCUT2D eigenvalue weighted by molar-refractivity contribution is 5.91. The molecule has 0 aromatic heterocycles. The van der Waals surface area contributed by atoms with Crippen molar-refractivity contribution in [3.8, 4) is 0 Å². The normalized spacial score (nSPS) is 22.3. The van der Waals surface area contributed by atoms with E-state index in [0.29, 0.717) is 12.1 Å². The first kappa shape index (κ1) is 14.8. The number of rotatable bonds is 5. The lowest BCUT2D eigenvalue weighted by atomic mass is 10.0. The van der Waals surface area contributed by atoms with Crippen molar-refractivity contribution in [1.29, 1.82) is 0 Å². The van der Waals surface area contributed by atoms with Crippen LogP contribution in [0.15, 0.2) is 24.3 Å². The van der Waals surface area contributed by atoms with Crippen molar-refractivity contribution in [3.05, 3.63) is 24.3 Å². The summed E-state index contributed by atoms with van der Waals surface area (Å²) in [7, 11) is 1.50. The predicted octanol–water partition coefficient (Wildman–Crippen LogP) is 2.25. The molecule has 1 aromatic rings. The minimum Gasteiger partial charge on any atom is -0.382 e. The number of hydrogen-bond donors (Lipinski definition) is 2. The Labute approximate surface area is 119 Å². The van der Waals surface area contributed by atoms with E-state index in [1.165, 1.54) is 7.11 Å². The Kier molecular flexibility index (Phi) is 5.38. The largest absolute Gasteiger partial charge is 0.382 e. The van der Waals surface area contributed by atoms with E-state index in [1.54, 1.807) is 0 Å². The van der Waals surface area contributed by atoms with Crippen LogP contribution in [0.2, 0.25) is 0 Å². The molecule has 2 N–H and O–H groups in total. The minimum absolute atomic E-state index is 0.0694. The van der Waals surface area contributed by atoms with E-state index in [0.717, 1.165) is 30.8 Å². The van der Waals surface area contributed by atoms with Gasteiger partial charge in [0.15, 0.2) is 0 Å². The Balaban J connectivity index is 1.86. The van der Waals surface area contributed by atoms with Crippen LogP contribution < -0.4 is 10.6 Å². The fourth-order valence-electron chi connectivity index (χ4n) is 2.34. The highest BCUT2D eigenvalue weighted by Crippen LogP contribution is 2.20. The molecule has 0 radical (unpaired) electrons. The summed E-state index contributed by atoms with van der Waals surface area (Å²) in [6, 6.07) is 8.18. The molecule has 2 unspecified atom stereocenters. The van der Waals surface area contributed by atoms with Crippen molar-refractivity contribution < 1.29 is 14.3 Å². The first-order chi connectivity index (χ1) is 9.67. The summed E-state index contributed by atoms with van der Waals surface area (Å²) >= 11 is 0. The molecule has 20 heavy (non-hydrogen) atoms. The molecular weight excluding hydrogens is 256 g/mol. The number of methoxy groups -OCH3 is 1. The van der Waals surface area contributed by atoms with Crippen LogP contribution in [0.3, 0.4) is 0 Å². The van der Waals surface area contributed by atoms with Crippen LogP contribution in [0.1, 0.15) is 19.8 Å². The fourth-order valence-corrected chi connectivity index (χ4v) is 2.34. The second-order valence-corrected chi connectivity index (χ2v) is 5.11. The van der Waals surface area contributed by atoms with Gasteiger partial charge in [-0.2, -0.15) is 0 Å². The molecule has 0 spiro atoms. The van der Waals surface area contributed by atoms with Crippen LogP contribution in [-0.2, 0) is 14.3 Å². The zero-order valence-corrected chi connectivity index (χ0v) is 12.0. The molecular formula is C15H22N2O3. The molecule has 1 aliphatic heterocycles. The van der Waals surface area contributed by atoms with Crippen LogP contribution >= 0.6 is 0 Å². The van der Waals surface area contributed by atoms with Gasteiger partial charge in [0, 0.05) is 31.1 Å². The highest BCUT2D eigenvalue weighted by atomic mass is 16.5. The third-order valence-corrected chi connectivity index (χ3v) is 3.30. The molecule has 1 fully saturated rings. The van der Waals surface area contributed by atoms with Crippen molar-refractivity contribution in [2.24, 2.45) is 0 Å². The van der Waals surface area contributed by atoms with E-state index in [4.69, 9.17) is 9.47 Å². The predicted molar refractivity (Wildman–Crippen MR) is 79.0 cm³/mol. The third-order valence-electron chi connectivity index (χ3n) is 3.30. The Morgan fingerprint density at radius 3 is 2.70 bits per heavy atom. The average molecular weight is 278 g/mol. The number of nitrogens with one attached hydrogen (secondary N) is 2. The number of carbonyl (C=O) groups excluding carboxylic acids is 1. The molecule has 1 amide bonds. The number of amides is 1. The number of ether oxygens (including phenoxy) is 2. The standard InChI is InChI=1S/C15H22N2O3/c1-11-9-14(7-8-20-11)16-12-3-5-13(6-4-12)17-15(18)10-19-2/h3-6,11,14,16H,7-10H2,1-2H3,(H,17,18). The lowest BCUT2D eigenvalue weighted by molar-refractivity contribution is -0.119. The van der Waals surface area contributed by atoms with Crippen molar-refractivity contribution in [3.63, 3.8) is 0 Å². The molecule has 2 atom stereocenters. The smallest absolute Gasteiger partial charge is 0.250 e. The third kappa shape index (κ3) is 4.51. The number of anilines is 2. The summed E-state index contributed by atoms with van der Waals surface area (Å²) in [6.45, 7) is 2.98. The zero-order valence-electron chi connectivity index (χ0n) is 12.0. The molecule has 1 heterocycles. The summed E-state index contributed by atoms with van der Waals surface area (Å²) in [5, 5.41) is 6.27. The van der Waals surface area contributed by atoms with Crippen LogP contribution in [0, 0.1) is 0 Å². The lowest BCUT2D eigenvalue weighted by Crippen LogP contribution is -2.32. The van der Waals surface area contributed by atoms with E-state index in [2.05, 4.69) is 17.6 Å². The summed E-state index contributed by atoms with van der Waals surface area (Å²) in [6.07, 6.45) is 2.36. The van der Waals surface area contributed by atoms with Gasteiger partial charge in [-0.05, 0) is 44.0 Å². The molecule has 1 saturated heterocycles. The fraction of sp³-hybridized carbons (Fsp3) is 0.533. The van der Waals surface area contributed by atoms with Gasteiger partial charge < -0.3 is 20.1 Å². The monoisotopic (exact) mass is 278 g/mol. The van der Waals surface area contributed by atoms with E-state index in [9.17, 15) is 4.79 Å². The number of carbonyl (C=O) groups is 1. The van der Waals surface area contributed by atoms with Gasteiger partial charge in [0.2, 0.25) is 5.91 Å². The van der Waals surface area contributed by atoms with E-state index >= 15 is 0 Å². The summed E-state index contributed by atoms with van der Waals surface area (Å²) in [4.78, 5) is 11.4. The molecule has 2 rings (SSSR count). The van der Waals surface area contributed by atoms with Gasteiger partial charge in [-0.15, -0.1) is 0 Å². The summed E-state index contributed by atoms with van der Waals surface area (Å²) in [5.74, 6) is -0.147. The van der Waals surface area contributed by atoms with Gasteiger partial charge in [0.05, 0.1) is 6.10 Å². The topological polar surface area (TPSA) is 59.6 Å². The van der Waals surface area contributed by atoms with Gasteiger partial charge in [-0.3, -0.25) is 4.79 Å². The second kappa shape index (κ2) is 7.26. The maximum atomic E-state index is 11.4. The van der Waals surface area contributed by atoms with Crippen molar-refractivity contribution in [2.75, 3.05) is 31.0 Å².